The van der Waals surface area contributed by atoms with Crippen LogP contribution in [0.1, 0.15) is 48.4 Å². The zero-order chi connectivity index (χ0) is 31.1. The highest BCUT2D eigenvalue weighted by Crippen LogP contribution is 2.77. The lowest BCUT2D eigenvalue weighted by atomic mass is 9.85. The number of benzene rings is 6. The quantitative estimate of drug-likeness (QED) is 0.184. The first-order valence-electron chi connectivity index (χ1n) is 17.1. The number of aromatic nitrogens is 1. The molecule has 1 unspecified atom stereocenters. The summed E-state index contributed by atoms with van der Waals surface area (Å²) in [6.07, 6.45) is 5.88. The Bertz CT molecular complexity index is 2360. The van der Waals surface area contributed by atoms with E-state index in [1.165, 1.54) is 88.6 Å². The zero-order valence-corrected chi connectivity index (χ0v) is 27.6. The molecule has 6 aromatic carbocycles. The third kappa shape index (κ3) is 3.85. The molecule has 1 aromatic heterocycles. The van der Waals surface area contributed by atoms with Gasteiger partial charge in [-0.05, 0) is 120 Å². The molecule has 2 heterocycles. The predicted molar refractivity (Wildman–Crippen MR) is 197 cm³/mol. The maximum atomic E-state index is 2.55. The minimum Gasteiger partial charge on any atom is -0.309 e. The Hall–Kier alpha value is -4.79. The summed E-state index contributed by atoms with van der Waals surface area (Å²) in [6, 6.07) is 53.2. The van der Waals surface area contributed by atoms with Crippen molar-refractivity contribution in [2.75, 3.05) is 0 Å². The molecule has 0 spiro atoms. The average Bonchev–Trinajstić information content (AvgIpc) is 3.66. The van der Waals surface area contributed by atoms with Crippen LogP contribution in [0.5, 0.6) is 0 Å². The van der Waals surface area contributed by atoms with E-state index < -0.39 is 10.0 Å². The Morgan fingerprint density at radius 1 is 0.617 bits per heavy atom. The lowest BCUT2D eigenvalue weighted by molar-refractivity contribution is 0.524. The van der Waals surface area contributed by atoms with Crippen molar-refractivity contribution in [3.8, 4) is 5.69 Å². The van der Waals surface area contributed by atoms with Gasteiger partial charge >= 0.3 is 0 Å². The van der Waals surface area contributed by atoms with E-state index in [2.05, 4.69) is 151 Å². The van der Waals surface area contributed by atoms with Crippen LogP contribution < -0.4 is 0 Å². The van der Waals surface area contributed by atoms with Gasteiger partial charge in [-0.2, -0.15) is 0 Å². The highest BCUT2D eigenvalue weighted by atomic mass is 32.3. The van der Waals surface area contributed by atoms with Gasteiger partial charge in [0.05, 0.1) is 11.0 Å². The summed E-state index contributed by atoms with van der Waals surface area (Å²) < 4.78 is 2.55. The number of hydrogen-bond donors (Lipinski definition) is 0. The second kappa shape index (κ2) is 10.4. The zero-order valence-electron chi connectivity index (χ0n) is 26.7. The Balaban J connectivity index is 1.29. The summed E-state index contributed by atoms with van der Waals surface area (Å²) in [4.78, 5) is 5.74. The molecular weight excluding hydrogens is 587 g/mol. The minimum absolute atomic E-state index is 0.767. The van der Waals surface area contributed by atoms with Crippen LogP contribution in [0.25, 0.3) is 33.1 Å². The molecule has 2 heteroatoms. The summed E-state index contributed by atoms with van der Waals surface area (Å²) >= 11 is 0. The summed E-state index contributed by atoms with van der Waals surface area (Å²) in [7, 11) is -1.73. The molecular formula is C45H37NS. The molecule has 3 aliphatic rings. The molecule has 228 valence electrons. The second-order valence-corrected chi connectivity index (χ2v) is 16.8. The molecule has 0 radical (unpaired) electrons. The van der Waals surface area contributed by atoms with Gasteiger partial charge < -0.3 is 4.57 Å². The van der Waals surface area contributed by atoms with E-state index >= 15 is 0 Å². The summed E-state index contributed by atoms with van der Waals surface area (Å²) in [5, 5.41) is 2.75. The van der Waals surface area contributed by atoms with Gasteiger partial charge in [-0.25, -0.2) is 0 Å². The molecule has 1 aliphatic heterocycles. The molecule has 2 aliphatic carbocycles. The first kappa shape index (κ1) is 27.3. The Morgan fingerprint density at radius 2 is 1.34 bits per heavy atom. The highest BCUT2D eigenvalue weighted by Gasteiger charge is 2.40. The third-order valence-electron chi connectivity index (χ3n) is 11.1. The van der Waals surface area contributed by atoms with E-state index in [-0.39, 0.29) is 0 Å². The van der Waals surface area contributed by atoms with Gasteiger partial charge in [0.1, 0.15) is 0 Å². The van der Waals surface area contributed by atoms with Gasteiger partial charge in [0.25, 0.3) is 0 Å². The number of nitrogens with zero attached hydrogens (tertiary/aromatic N) is 1. The molecule has 0 N–H and O–H groups in total. The van der Waals surface area contributed by atoms with Crippen molar-refractivity contribution in [3.63, 3.8) is 0 Å². The van der Waals surface area contributed by atoms with Crippen molar-refractivity contribution in [1.29, 1.82) is 0 Å². The van der Waals surface area contributed by atoms with E-state index in [9.17, 15) is 0 Å². The molecule has 0 amide bonds. The van der Waals surface area contributed by atoms with E-state index in [4.69, 9.17) is 0 Å². The summed E-state index contributed by atoms with van der Waals surface area (Å²) in [5.41, 5.74) is 13.1. The average molecular weight is 624 g/mol. The van der Waals surface area contributed by atoms with Crippen LogP contribution in [-0.4, -0.2) is 4.57 Å². The lowest BCUT2D eigenvalue weighted by Gasteiger charge is -2.47. The maximum Gasteiger partial charge on any atom is 0.0544 e. The van der Waals surface area contributed by atoms with Crippen LogP contribution in [-0.2, 0) is 12.8 Å². The summed E-state index contributed by atoms with van der Waals surface area (Å²) in [6.45, 7) is 2.42. The van der Waals surface area contributed by atoms with Crippen molar-refractivity contribution < 1.29 is 0 Å². The van der Waals surface area contributed by atoms with Gasteiger partial charge in [0.2, 0.25) is 0 Å². The molecule has 0 bridgehead atoms. The van der Waals surface area contributed by atoms with E-state index in [1.807, 2.05) is 0 Å². The molecule has 7 aromatic rings. The lowest BCUT2D eigenvalue weighted by Crippen LogP contribution is -2.15. The summed E-state index contributed by atoms with van der Waals surface area (Å²) in [5.74, 6) is 0.767. The number of allylic oxidation sites excluding steroid dienone is 2. The standard InChI is InChI=1S/C45H37NS/c1-30-20-21-31-27-32-22-23-34(29-39(32)38(31)26-30)46-41-18-10-9-17-37(41)45-40-28-33-12-8-11-19-43(33)47(35-13-4-2-5-14-35,36-15-6-3-7-16-36)44(40)25-24-42(45)46/h2-19,22-25,29-30H,20-21,26-28H2,1H3. The molecule has 0 fully saturated rings. The fourth-order valence-electron chi connectivity index (χ4n) is 9.03. The van der Waals surface area contributed by atoms with Gasteiger partial charge in [-0.3, -0.25) is 0 Å². The van der Waals surface area contributed by atoms with Crippen molar-refractivity contribution >= 4 is 37.4 Å². The first-order valence-corrected chi connectivity index (χ1v) is 18.8. The minimum atomic E-state index is -1.73. The van der Waals surface area contributed by atoms with Crippen molar-refractivity contribution in [2.45, 2.75) is 58.6 Å². The van der Waals surface area contributed by atoms with Gasteiger partial charge in [0.15, 0.2) is 0 Å². The molecule has 10 rings (SSSR count). The van der Waals surface area contributed by atoms with Crippen molar-refractivity contribution in [1.82, 2.24) is 4.57 Å². The van der Waals surface area contributed by atoms with Crippen LogP contribution in [0.3, 0.4) is 0 Å². The monoisotopic (exact) mass is 623 g/mol. The van der Waals surface area contributed by atoms with Gasteiger partial charge in [0, 0.05) is 42.5 Å². The van der Waals surface area contributed by atoms with Gasteiger partial charge in [-0.1, -0.05) is 91.4 Å². The van der Waals surface area contributed by atoms with Gasteiger partial charge in [-0.15, -0.1) is 10.0 Å². The van der Waals surface area contributed by atoms with Crippen LogP contribution in [0, 0.1) is 5.92 Å². The van der Waals surface area contributed by atoms with Crippen molar-refractivity contribution in [3.05, 3.63) is 167 Å². The topological polar surface area (TPSA) is 4.93 Å². The van der Waals surface area contributed by atoms with Crippen LogP contribution in [0.4, 0.5) is 0 Å². The van der Waals surface area contributed by atoms with Crippen LogP contribution in [0.15, 0.2) is 165 Å². The highest BCUT2D eigenvalue weighted by molar-refractivity contribution is 8.34. The van der Waals surface area contributed by atoms with E-state index in [0.717, 1.165) is 18.8 Å². The molecule has 0 saturated carbocycles. The molecule has 1 atom stereocenters. The molecule has 0 saturated heterocycles. The molecule has 47 heavy (non-hydrogen) atoms. The van der Waals surface area contributed by atoms with Crippen molar-refractivity contribution in [2.24, 2.45) is 5.92 Å². The van der Waals surface area contributed by atoms with E-state index in [0.29, 0.717) is 0 Å². The number of rotatable bonds is 3. The number of hydrogen-bond acceptors (Lipinski definition) is 0. The largest absolute Gasteiger partial charge is 0.309 e. The normalized spacial score (nSPS) is 18.4. The van der Waals surface area contributed by atoms with Crippen LogP contribution in [0.2, 0.25) is 0 Å². The second-order valence-electron chi connectivity index (χ2n) is 13.8. The maximum absolute atomic E-state index is 2.55. The Morgan fingerprint density at radius 3 is 2.15 bits per heavy atom. The molecule has 1 nitrogen and oxygen atoms in total. The third-order valence-corrected chi connectivity index (χ3v) is 15.2. The first-order chi connectivity index (χ1) is 23.2. The number of para-hydroxylation sites is 1. The Labute approximate surface area is 278 Å². The predicted octanol–water partition coefficient (Wildman–Crippen LogP) is 12.2. The SMILES string of the molecule is CC1CCC2=C(C1)c1cc(-n3c4ccccc4c4c5c(ccc43)S(c3ccccc3)(c3ccccc3)c3ccccc3C5)ccc1C2. The fraction of sp³-hybridized carbons (Fsp3) is 0.156. The number of fused-ring (bicyclic) bond motifs is 8. The Kier molecular flexibility index (Phi) is 6.02. The van der Waals surface area contributed by atoms with E-state index in [1.54, 1.807) is 11.1 Å². The van der Waals surface area contributed by atoms with Crippen LogP contribution >= 0.6 is 10.0 Å². The smallest absolute Gasteiger partial charge is 0.0544 e. The fourth-order valence-corrected chi connectivity index (χ4v) is 13.3.